The summed E-state index contributed by atoms with van der Waals surface area (Å²) in [5, 5.41) is 7.36. The Morgan fingerprint density at radius 2 is 1.46 bits per heavy atom. The van der Waals surface area contributed by atoms with Gasteiger partial charge in [0.25, 0.3) is 0 Å². The molecule has 1 saturated heterocycles. The highest BCUT2D eigenvalue weighted by molar-refractivity contribution is 7.92. The first-order valence-electron chi connectivity index (χ1n) is 11.9. The van der Waals surface area contributed by atoms with Gasteiger partial charge in [-0.1, -0.05) is 18.2 Å². The molecule has 0 bridgehead atoms. The first-order valence-corrected chi connectivity index (χ1v) is 13.9. The van der Waals surface area contributed by atoms with Crippen LogP contribution in [0.25, 0.3) is 0 Å². The first-order chi connectivity index (χ1) is 17.7. The molecule has 4 rings (SSSR count). The summed E-state index contributed by atoms with van der Waals surface area (Å²) < 4.78 is 29.0. The maximum atomic E-state index is 12.4. The van der Waals surface area contributed by atoms with Crippen molar-refractivity contribution in [3.8, 4) is 11.5 Å². The van der Waals surface area contributed by atoms with Crippen LogP contribution < -0.4 is 25.6 Å². The molecule has 3 aromatic rings. The van der Waals surface area contributed by atoms with Gasteiger partial charge in [-0.15, -0.1) is 0 Å². The quantitative estimate of drug-likeness (QED) is 0.407. The van der Waals surface area contributed by atoms with E-state index < -0.39 is 21.0 Å². The smallest absolute Gasteiger partial charge is 0.323 e. The second kappa shape index (κ2) is 11.3. The average molecular weight is 523 g/mol. The Bertz CT molecular complexity index is 1330. The maximum absolute atomic E-state index is 12.4. The summed E-state index contributed by atoms with van der Waals surface area (Å²) in [7, 11) is -3.43. The lowest BCUT2D eigenvalue weighted by Gasteiger charge is -2.20. The highest BCUT2D eigenvalue weighted by Gasteiger charge is 2.29. The number of nitrogens with one attached hydrogen (secondary N) is 3. The fraction of sp³-hybridized carbons (Fsp3) is 0.259. The fourth-order valence-electron chi connectivity index (χ4n) is 3.91. The van der Waals surface area contributed by atoms with Crippen LogP contribution in [-0.2, 0) is 14.6 Å². The van der Waals surface area contributed by atoms with Gasteiger partial charge in [-0.2, -0.15) is 0 Å². The van der Waals surface area contributed by atoms with Crippen LogP contribution in [0.5, 0.6) is 11.5 Å². The molecule has 10 heteroatoms. The molecule has 3 amide bonds. The van der Waals surface area contributed by atoms with Crippen LogP contribution >= 0.6 is 0 Å². The van der Waals surface area contributed by atoms with Crippen molar-refractivity contribution >= 4 is 38.8 Å². The molecule has 0 aliphatic carbocycles. The average Bonchev–Trinajstić information content (AvgIpc) is 3.33. The van der Waals surface area contributed by atoms with Crippen molar-refractivity contribution in [1.82, 2.24) is 5.32 Å². The van der Waals surface area contributed by atoms with E-state index in [-0.39, 0.29) is 12.1 Å². The largest absolute Gasteiger partial charge is 0.457 e. The molecule has 3 N–H and O–H groups in total. The molecule has 1 aliphatic heterocycles. The zero-order valence-electron chi connectivity index (χ0n) is 20.7. The van der Waals surface area contributed by atoms with Gasteiger partial charge in [0.15, 0.2) is 9.84 Å². The minimum atomic E-state index is -3.43. The van der Waals surface area contributed by atoms with Crippen molar-refractivity contribution in [3.63, 3.8) is 0 Å². The van der Waals surface area contributed by atoms with Crippen LogP contribution in [0.15, 0.2) is 78.9 Å². The first kappa shape index (κ1) is 26.0. The molecule has 0 spiro atoms. The SMILES string of the molecule is CC(C(=O)NC1CCN(c2ccc(NC(=O)Nc3ccc(Oc4ccccc4)cc3)cc2)C1)S(C)(=O)=O. The van der Waals surface area contributed by atoms with Crippen molar-refractivity contribution in [2.24, 2.45) is 0 Å². The van der Waals surface area contributed by atoms with E-state index in [2.05, 4.69) is 20.9 Å². The zero-order valence-corrected chi connectivity index (χ0v) is 21.5. The summed E-state index contributed by atoms with van der Waals surface area (Å²) in [4.78, 5) is 26.7. The standard InChI is InChI=1S/C27H30N4O5S/c1-19(37(2,34)35)26(32)28-22-16-17-31(18-22)23-12-8-20(9-13-23)29-27(33)30-21-10-14-25(15-11-21)36-24-6-4-3-5-7-24/h3-15,19,22H,16-18H2,1-2H3,(H,28,32)(H2,29,30,33). The van der Waals surface area contributed by atoms with Crippen molar-refractivity contribution in [2.75, 3.05) is 34.9 Å². The van der Waals surface area contributed by atoms with Crippen molar-refractivity contribution in [1.29, 1.82) is 0 Å². The number of para-hydroxylation sites is 1. The molecule has 0 radical (unpaired) electrons. The molecular weight excluding hydrogens is 492 g/mol. The molecular formula is C27H30N4O5S. The summed E-state index contributed by atoms with van der Waals surface area (Å²) >= 11 is 0. The molecule has 1 heterocycles. The minimum Gasteiger partial charge on any atom is -0.457 e. The van der Waals surface area contributed by atoms with E-state index in [1.807, 2.05) is 54.6 Å². The number of urea groups is 1. The zero-order chi connectivity index (χ0) is 26.4. The Balaban J connectivity index is 1.25. The number of ether oxygens (including phenoxy) is 1. The van der Waals surface area contributed by atoms with Gasteiger partial charge in [0, 0.05) is 42.4 Å². The van der Waals surface area contributed by atoms with Gasteiger partial charge >= 0.3 is 6.03 Å². The number of carbonyl (C=O) groups is 2. The molecule has 0 saturated carbocycles. The van der Waals surface area contributed by atoms with Crippen molar-refractivity contribution in [2.45, 2.75) is 24.6 Å². The summed E-state index contributed by atoms with van der Waals surface area (Å²) in [6.07, 6.45) is 1.78. The van der Waals surface area contributed by atoms with Crippen molar-refractivity contribution < 1.29 is 22.7 Å². The van der Waals surface area contributed by atoms with Gasteiger partial charge in [-0.05, 0) is 74.0 Å². The molecule has 1 aliphatic rings. The van der Waals surface area contributed by atoms with Crippen LogP contribution in [0, 0.1) is 0 Å². The molecule has 9 nitrogen and oxygen atoms in total. The second-order valence-corrected chi connectivity index (χ2v) is 11.3. The second-order valence-electron chi connectivity index (χ2n) is 8.98. The lowest BCUT2D eigenvalue weighted by molar-refractivity contribution is -0.121. The van der Waals surface area contributed by atoms with E-state index in [0.717, 1.165) is 30.7 Å². The lowest BCUT2D eigenvalue weighted by Crippen LogP contribution is -2.44. The monoisotopic (exact) mass is 522 g/mol. The van der Waals surface area contributed by atoms with Gasteiger partial charge in [0.05, 0.1) is 0 Å². The van der Waals surface area contributed by atoms with Crippen molar-refractivity contribution in [3.05, 3.63) is 78.9 Å². The van der Waals surface area contributed by atoms with E-state index >= 15 is 0 Å². The Morgan fingerprint density at radius 1 is 0.892 bits per heavy atom. The molecule has 2 unspecified atom stereocenters. The number of nitrogens with zero attached hydrogens (tertiary/aromatic N) is 1. The van der Waals surface area contributed by atoms with Gasteiger partial charge in [-0.3, -0.25) is 4.79 Å². The highest BCUT2D eigenvalue weighted by Crippen LogP contribution is 2.24. The predicted molar refractivity (Wildman–Crippen MR) is 145 cm³/mol. The Labute approximate surface area is 216 Å². The van der Waals surface area contributed by atoms with E-state index in [1.165, 1.54) is 6.92 Å². The number of rotatable bonds is 8. The third kappa shape index (κ3) is 7.23. The minimum absolute atomic E-state index is 0.121. The number of amides is 3. The molecule has 2 atom stereocenters. The summed E-state index contributed by atoms with van der Waals surface area (Å²) in [5.41, 5.74) is 2.22. The molecule has 37 heavy (non-hydrogen) atoms. The Morgan fingerprint density at radius 3 is 2.05 bits per heavy atom. The third-order valence-electron chi connectivity index (χ3n) is 6.13. The number of sulfone groups is 1. The predicted octanol–water partition coefficient (Wildman–Crippen LogP) is 4.25. The molecule has 3 aromatic carbocycles. The molecule has 1 fully saturated rings. The Hall–Kier alpha value is -4.05. The normalized spacial score (nSPS) is 16.1. The summed E-state index contributed by atoms with van der Waals surface area (Å²) in [5.74, 6) is 0.930. The van der Waals surface area contributed by atoms with E-state index in [1.54, 1.807) is 24.3 Å². The van der Waals surface area contributed by atoms with E-state index in [4.69, 9.17) is 4.74 Å². The lowest BCUT2D eigenvalue weighted by atomic mass is 10.2. The van der Waals surface area contributed by atoms with E-state index in [9.17, 15) is 18.0 Å². The number of carbonyl (C=O) groups excluding carboxylic acids is 2. The maximum Gasteiger partial charge on any atom is 0.323 e. The van der Waals surface area contributed by atoms with Crippen LogP contribution in [-0.4, -0.2) is 51.0 Å². The van der Waals surface area contributed by atoms with Gasteiger partial charge < -0.3 is 25.6 Å². The van der Waals surface area contributed by atoms with Crippen LogP contribution in [0.1, 0.15) is 13.3 Å². The van der Waals surface area contributed by atoms with Gasteiger partial charge in [0.2, 0.25) is 5.91 Å². The molecule has 0 aromatic heterocycles. The third-order valence-corrected chi connectivity index (χ3v) is 7.63. The van der Waals surface area contributed by atoms with E-state index in [0.29, 0.717) is 23.7 Å². The van der Waals surface area contributed by atoms with Gasteiger partial charge in [-0.25, -0.2) is 13.2 Å². The summed E-state index contributed by atoms with van der Waals surface area (Å²) in [6.45, 7) is 2.71. The van der Waals surface area contributed by atoms with Gasteiger partial charge in [0.1, 0.15) is 16.7 Å². The number of hydrogen-bond acceptors (Lipinski definition) is 6. The Kier molecular flexibility index (Phi) is 7.98. The molecule has 194 valence electrons. The highest BCUT2D eigenvalue weighted by atomic mass is 32.2. The number of benzene rings is 3. The summed E-state index contributed by atoms with van der Waals surface area (Å²) in [6, 6.07) is 23.5. The van der Waals surface area contributed by atoms with Crippen LogP contribution in [0.4, 0.5) is 21.9 Å². The van der Waals surface area contributed by atoms with Crippen LogP contribution in [0.2, 0.25) is 0 Å². The number of hydrogen-bond donors (Lipinski definition) is 3. The number of anilines is 3. The van der Waals surface area contributed by atoms with Crippen LogP contribution in [0.3, 0.4) is 0 Å². The fourth-order valence-corrected chi connectivity index (χ4v) is 4.36. The topological polar surface area (TPSA) is 117 Å².